The van der Waals surface area contributed by atoms with E-state index in [2.05, 4.69) is 26.5 Å². The molecule has 0 saturated carbocycles. The van der Waals surface area contributed by atoms with Crippen LogP contribution >= 0.6 is 15.9 Å². The van der Waals surface area contributed by atoms with Crippen LogP contribution in [0.1, 0.15) is 22.4 Å². The summed E-state index contributed by atoms with van der Waals surface area (Å²) >= 11 is 3.29. The maximum absolute atomic E-state index is 12.6. The van der Waals surface area contributed by atoms with E-state index in [0.717, 1.165) is 16.8 Å². The highest BCUT2D eigenvalue weighted by Crippen LogP contribution is 2.33. The first-order chi connectivity index (χ1) is 15.5. The Balaban J connectivity index is 2.32. The molecule has 1 aromatic heterocycles. The molecule has 0 saturated heterocycles. The zero-order valence-electron chi connectivity index (χ0n) is 17.1. The Morgan fingerprint density at radius 2 is 2.06 bits per heavy atom. The Morgan fingerprint density at radius 3 is 2.61 bits per heavy atom. The first-order valence-corrected chi connectivity index (χ1v) is 9.61. The Kier molecular flexibility index (Phi) is 7.94. The van der Waals surface area contributed by atoms with Crippen LogP contribution in [0, 0.1) is 38.5 Å². The summed E-state index contributed by atoms with van der Waals surface area (Å²) in [5.41, 5.74) is -0.170. The Hall–Kier alpha value is -4.16. The largest absolute Gasteiger partial charge is 0.502 e. The lowest BCUT2D eigenvalue weighted by Gasteiger charge is -2.15. The van der Waals surface area contributed by atoms with Gasteiger partial charge in [-0.1, -0.05) is 0 Å². The van der Waals surface area contributed by atoms with Crippen LogP contribution in [0.5, 0.6) is 5.75 Å². The zero-order chi connectivity index (χ0) is 24.9. The smallest absolute Gasteiger partial charge is 0.318 e. The Labute approximate surface area is 193 Å². The number of benzene rings is 1. The molecule has 0 aliphatic rings. The minimum absolute atomic E-state index is 0.00424. The third-order valence-electron chi connectivity index (χ3n) is 4.35. The first kappa shape index (κ1) is 25.1. The second-order valence-corrected chi connectivity index (χ2v) is 7.19. The summed E-state index contributed by atoms with van der Waals surface area (Å²) in [6, 6.07) is 3.20. The van der Waals surface area contributed by atoms with Crippen molar-refractivity contribution in [3.63, 3.8) is 0 Å². The molecule has 0 aliphatic carbocycles. The topological polar surface area (TPSA) is 203 Å². The van der Waals surface area contributed by atoms with Gasteiger partial charge in [0.15, 0.2) is 0 Å². The monoisotopic (exact) mass is 522 g/mol. The summed E-state index contributed by atoms with van der Waals surface area (Å²) in [5, 5.41) is 44.7. The van der Waals surface area contributed by atoms with Crippen LogP contribution in [0.3, 0.4) is 0 Å². The Bertz CT molecular complexity index is 1280. The number of phenols is 1. The molecule has 172 valence electrons. The van der Waals surface area contributed by atoms with Crippen LogP contribution in [0.25, 0.3) is 0 Å². The molecule has 1 amide bonds. The van der Waals surface area contributed by atoms with Gasteiger partial charge in [0.25, 0.3) is 17.2 Å². The number of amides is 1. The van der Waals surface area contributed by atoms with E-state index >= 15 is 0 Å². The van der Waals surface area contributed by atoms with Gasteiger partial charge in [-0.2, -0.15) is 10.4 Å². The summed E-state index contributed by atoms with van der Waals surface area (Å²) in [6.45, 7) is 1.00. The van der Waals surface area contributed by atoms with Crippen molar-refractivity contribution < 1.29 is 24.5 Å². The van der Waals surface area contributed by atoms with Gasteiger partial charge >= 0.3 is 5.69 Å². The van der Waals surface area contributed by atoms with Crippen molar-refractivity contribution in [2.75, 3.05) is 7.11 Å². The number of halogens is 1. The number of pyridine rings is 1. The third-order valence-corrected chi connectivity index (χ3v) is 5.41. The number of hydrogen-bond acceptors (Lipinski definition) is 10. The number of aromatic hydroxyl groups is 1. The number of hydrogen-bond donors (Lipinski definition) is 2. The fourth-order valence-electron chi connectivity index (χ4n) is 2.77. The molecular formula is C18H15BrN6O8. The number of nitro benzene ring substituents is 2. The molecule has 0 bridgehead atoms. The molecule has 0 atom stereocenters. The minimum atomic E-state index is -1.01. The number of nitro groups is 2. The summed E-state index contributed by atoms with van der Waals surface area (Å²) in [5.74, 6) is -1.70. The van der Waals surface area contributed by atoms with E-state index in [4.69, 9.17) is 4.74 Å². The van der Waals surface area contributed by atoms with Gasteiger partial charge in [-0.25, -0.2) is 5.43 Å². The van der Waals surface area contributed by atoms with Gasteiger partial charge < -0.3 is 14.4 Å². The number of rotatable bonds is 8. The first-order valence-electron chi connectivity index (χ1n) is 8.81. The van der Waals surface area contributed by atoms with Crippen LogP contribution in [0.2, 0.25) is 0 Å². The van der Waals surface area contributed by atoms with Crippen LogP contribution in [0.15, 0.2) is 26.5 Å². The number of nitrogens with one attached hydrogen (secondary N) is 1. The highest BCUT2D eigenvalue weighted by molar-refractivity contribution is 9.10. The molecule has 0 aliphatic heterocycles. The lowest BCUT2D eigenvalue weighted by molar-refractivity contribution is -0.394. The number of ether oxygens (including phenoxy) is 1. The molecule has 2 aromatic rings. The number of aromatic nitrogens is 1. The number of carbonyl (C=O) groups excluding carboxylic acids is 1. The van der Waals surface area contributed by atoms with E-state index in [1.807, 2.05) is 0 Å². The molecule has 0 spiro atoms. The average molecular weight is 523 g/mol. The molecule has 0 fully saturated rings. The zero-order valence-corrected chi connectivity index (χ0v) is 18.7. The number of nitriles is 1. The SMILES string of the molecule is COCc1c(Br)c(C)n(CC(=O)N/N=C\c2cc([N+](=O)[O-])cc([N+](=O)[O-])c2O)c(=O)c1C#N. The minimum Gasteiger partial charge on any atom is -0.502 e. The van der Waals surface area contributed by atoms with Gasteiger partial charge in [0.1, 0.15) is 18.2 Å². The van der Waals surface area contributed by atoms with E-state index in [9.17, 15) is 40.2 Å². The lowest BCUT2D eigenvalue weighted by atomic mass is 10.1. The number of methoxy groups -OCH3 is 1. The summed E-state index contributed by atoms with van der Waals surface area (Å²) < 4.78 is 6.44. The second-order valence-electron chi connectivity index (χ2n) is 6.40. The highest BCUT2D eigenvalue weighted by atomic mass is 79.9. The van der Waals surface area contributed by atoms with E-state index in [0.29, 0.717) is 21.8 Å². The maximum Gasteiger partial charge on any atom is 0.318 e. The molecular weight excluding hydrogens is 508 g/mol. The van der Waals surface area contributed by atoms with Crippen LogP contribution in [-0.4, -0.2) is 38.8 Å². The van der Waals surface area contributed by atoms with E-state index in [-0.39, 0.29) is 17.7 Å². The van der Waals surface area contributed by atoms with Crippen molar-refractivity contribution in [1.82, 2.24) is 9.99 Å². The standard InChI is InChI=1S/C18H15BrN6O8/c1-9-16(19)13(8-33-2)12(5-20)18(28)23(9)7-15(26)22-21-6-10-3-11(24(29)30)4-14(17(10)27)25(31)32/h3-4,6,27H,7-8H2,1-2H3,(H,22,26)/b21-6-. The number of carbonyl (C=O) groups is 1. The molecule has 2 N–H and O–H groups in total. The Morgan fingerprint density at radius 1 is 1.39 bits per heavy atom. The molecule has 1 aromatic carbocycles. The van der Waals surface area contributed by atoms with Gasteiger partial charge in [0.05, 0.1) is 34.3 Å². The van der Waals surface area contributed by atoms with Crippen molar-refractivity contribution in [3.8, 4) is 11.8 Å². The quantitative estimate of drug-likeness (QED) is 0.293. The molecule has 33 heavy (non-hydrogen) atoms. The molecule has 0 unspecified atom stereocenters. The van der Waals surface area contributed by atoms with Crippen molar-refractivity contribution in [2.45, 2.75) is 20.1 Å². The summed E-state index contributed by atoms with van der Waals surface area (Å²) in [7, 11) is 1.40. The number of nitrogens with zero attached hydrogens (tertiary/aromatic N) is 5. The van der Waals surface area contributed by atoms with Gasteiger partial charge in [0, 0.05) is 28.9 Å². The highest BCUT2D eigenvalue weighted by Gasteiger charge is 2.23. The van der Waals surface area contributed by atoms with Crippen LogP contribution < -0.4 is 11.0 Å². The van der Waals surface area contributed by atoms with Crippen molar-refractivity contribution in [2.24, 2.45) is 5.10 Å². The predicted molar refractivity (Wildman–Crippen MR) is 116 cm³/mol. The van der Waals surface area contributed by atoms with Crippen molar-refractivity contribution in [1.29, 1.82) is 5.26 Å². The molecule has 1 heterocycles. The normalized spacial score (nSPS) is 10.7. The summed E-state index contributed by atoms with van der Waals surface area (Å²) in [6.07, 6.45) is 0.779. The lowest BCUT2D eigenvalue weighted by Crippen LogP contribution is -2.33. The van der Waals surface area contributed by atoms with Gasteiger partial charge in [-0.05, 0) is 22.9 Å². The van der Waals surface area contributed by atoms with Crippen molar-refractivity contribution in [3.05, 3.63) is 69.6 Å². The molecule has 14 nitrogen and oxygen atoms in total. The van der Waals surface area contributed by atoms with Crippen LogP contribution in [0.4, 0.5) is 11.4 Å². The number of hydrazone groups is 1. The molecule has 0 radical (unpaired) electrons. The van der Waals surface area contributed by atoms with E-state index in [1.165, 1.54) is 7.11 Å². The van der Waals surface area contributed by atoms with Crippen LogP contribution in [-0.2, 0) is 22.7 Å². The van der Waals surface area contributed by atoms with E-state index in [1.54, 1.807) is 13.0 Å². The fourth-order valence-corrected chi connectivity index (χ4v) is 3.30. The van der Waals surface area contributed by atoms with Gasteiger partial charge in [-0.3, -0.25) is 29.8 Å². The molecule has 2 rings (SSSR count). The number of non-ortho nitro benzene ring substituents is 1. The van der Waals surface area contributed by atoms with Gasteiger partial charge in [-0.15, -0.1) is 0 Å². The summed E-state index contributed by atoms with van der Waals surface area (Å²) in [4.78, 5) is 44.9. The fraction of sp³-hybridized carbons (Fsp3) is 0.222. The maximum atomic E-state index is 12.6. The molecule has 15 heteroatoms. The van der Waals surface area contributed by atoms with E-state index < -0.39 is 45.0 Å². The second kappa shape index (κ2) is 10.4. The average Bonchev–Trinajstić information content (AvgIpc) is 2.76. The predicted octanol–water partition coefficient (Wildman–Crippen LogP) is 1.61. The third kappa shape index (κ3) is 5.37. The number of phenolic OH excluding ortho intramolecular Hbond substituents is 1. The van der Waals surface area contributed by atoms with Crippen molar-refractivity contribution >= 4 is 39.4 Å². The van der Waals surface area contributed by atoms with Gasteiger partial charge in [0.2, 0.25) is 5.75 Å².